The average molecular weight is 327 g/mol. The Hall–Kier alpha value is -1.07. The number of halogens is 1. The van der Waals surface area contributed by atoms with E-state index in [0.717, 1.165) is 41.3 Å². The minimum atomic E-state index is 0.149. The van der Waals surface area contributed by atoms with Gasteiger partial charge in [-0.25, -0.2) is 0 Å². The zero-order valence-electron chi connectivity index (χ0n) is 11.5. The maximum atomic E-state index is 5.54. The standard InChI is InChI=1S/C14H19BrN2O2/c1-4-11-10(12(5-2)19-17-11)8-16-9(3)13-6-7-14(15)18-13/h6-7,9,16H,4-5,8H2,1-3H3/t9-/m0/s1. The quantitative estimate of drug-likeness (QED) is 0.871. The number of hydrogen-bond acceptors (Lipinski definition) is 4. The molecule has 2 aromatic heterocycles. The first-order valence-corrected chi connectivity index (χ1v) is 7.39. The number of aromatic nitrogens is 1. The predicted molar refractivity (Wildman–Crippen MR) is 76.9 cm³/mol. The highest BCUT2D eigenvalue weighted by Crippen LogP contribution is 2.21. The van der Waals surface area contributed by atoms with Crippen LogP contribution in [0, 0.1) is 0 Å². The van der Waals surface area contributed by atoms with Crippen LogP contribution in [0.25, 0.3) is 0 Å². The third-order valence-corrected chi connectivity index (χ3v) is 3.64. The van der Waals surface area contributed by atoms with Gasteiger partial charge in [0.25, 0.3) is 0 Å². The van der Waals surface area contributed by atoms with Gasteiger partial charge in [-0.15, -0.1) is 0 Å². The fourth-order valence-electron chi connectivity index (χ4n) is 2.05. The van der Waals surface area contributed by atoms with E-state index in [1.165, 1.54) is 5.56 Å². The van der Waals surface area contributed by atoms with Crippen molar-refractivity contribution < 1.29 is 8.94 Å². The van der Waals surface area contributed by atoms with E-state index in [-0.39, 0.29) is 6.04 Å². The van der Waals surface area contributed by atoms with E-state index in [1.807, 2.05) is 12.1 Å². The SMILES string of the molecule is CCc1noc(CC)c1CN[C@@H](C)c1ccc(Br)o1. The molecule has 0 unspecified atom stereocenters. The number of aryl methyl sites for hydroxylation is 2. The summed E-state index contributed by atoms with van der Waals surface area (Å²) in [5.74, 6) is 1.89. The van der Waals surface area contributed by atoms with Crippen molar-refractivity contribution in [3.8, 4) is 0 Å². The predicted octanol–water partition coefficient (Wildman–Crippen LogP) is 4.01. The number of nitrogens with zero attached hydrogens (tertiary/aromatic N) is 1. The van der Waals surface area contributed by atoms with E-state index < -0.39 is 0 Å². The van der Waals surface area contributed by atoms with Crippen LogP contribution in [-0.4, -0.2) is 5.16 Å². The van der Waals surface area contributed by atoms with Crippen LogP contribution in [0.5, 0.6) is 0 Å². The molecule has 0 aliphatic rings. The Kier molecular flexibility index (Phi) is 4.82. The minimum Gasteiger partial charge on any atom is -0.453 e. The molecule has 0 amide bonds. The number of nitrogens with one attached hydrogen (secondary N) is 1. The normalized spacial score (nSPS) is 12.8. The maximum absolute atomic E-state index is 5.54. The minimum absolute atomic E-state index is 0.149. The first-order valence-electron chi connectivity index (χ1n) is 6.60. The topological polar surface area (TPSA) is 51.2 Å². The van der Waals surface area contributed by atoms with Crippen molar-refractivity contribution in [3.63, 3.8) is 0 Å². The number of hydrogen-bond donors (Lipinski definition) is 1. The Balaban J connectivity index is 2.04. The third kappa shape index (κ3) is 3.28. The highest BCUT2D eigenvalue weighted by molar-refractivity contribution is 9.10. The summed E-state index contributed by atoms with van der Waals surface area (Å²) in [7, 11) is 0. The second-order valence-electron chi connectivity index (χ2n) is 4.48. The van der Waals surface area contributed by atoms with Crippen LogP contribution in [0.3, 0.4) is 0 Å². The van der Waals surface area contributed by atoms with Gasteiger partial charge in [0.15, 0.2) is 4.67 Å². The molecule has 0 saturated heterocycles. The molecule has 1 atom stereocenters. The molecule has 0 fully saturated rings. The van der Waals surface area contributed by atoms with Gasteiger partial charge in [-0.05, 0) is 41.4 Å². The average Bonchev–Trinajstić information content (AvgIpc) is 3.01. The zero-order valence-corrected chi connectivity index (χ0v) is 13.1. The van der Waals surface area contributed by atoms with E-state index in [4.69, 9.17) is 8.94 Å². The van der Waals surface area contributed by atoms with Crippen molar-refractivity contribution in [2.24, 2.45) is 0 Å². The van der Waals surface area contributed by atoms with Crippen LogP contribution in [0.15, 0.2) is 25.7 Å². The van der Waals surface area contributed by atoms with Crippen LogP contribution < -0.4 is 5.32 Å². The molecule has 5 heteroatoms. The molecule has 0 radical (unpaired) electrons. The maximum Gasteiger partial charge on any atom is 0.169 e. The lowest BCUT2D eigenvalue weighted by atomic mass is 10.1. The first kappa shape index (κ1) is 14.3. The second-order valence-corrected chi connectivity index (χ2v) is 5.26. The Morgan fingerprint density at radius 3 is 2.68 bits per heavy atom. The fraction of sp³-hybridized carbons (Fsp3) is 0.500. The van der Waals surface area contributed by atoms with E-state index in [1.54, 1.807) is 0 Å². The summed E-state index contributed by atoms with van der Waals surface area (Å²) in [6.45, 7) is 7.00. The van der Waals surface area contributed by atoms with Gasteiger partial charge < -0.3 is 14.3 Å². The molecule has 2 heterocycles. The highest BCUT2D eigenvalue weighted by Gasteiger charge is 2.15. The first-order chi connectivity index (χ1) is 9.15. The van der Waals surface area contributed by atoms with Crippen LogP contribution in [0.2, 0.25) is 0 Å². The summed E-state index contributed by atoms with van der Waals surface area (Å²) in [6.07, 6.45) is 1.76. The third-order valence-electron chi connectivity index (χ3n) is 3.21. The van der Waals surface area contributed by atoms with Crippen molar-refractivity contribution in [2.75, 3.05) is 0 Å². The van der Waals surface area contributed by atoms with E-state index in [0.29, 0.717) is 0 Å². The molecule has 0 bridgehead atoms. The molecule has 0 aliphatic heterocycles. The molecule has 0 aliphatic carbocycles. The van der Waals surface area contributed by atoms with Crippen molar-refractivity contribution in [1.29, 1.82) is 0 Å². The molecular formula is C14H19BrN2O2. The summed E-state index contributed by atoms with van der Waals surface area (Å²) in [4.78, 5) is 0. The molecule has 4 nitrogen and oxygen atoms in total. The van der Waals surface area contributed by atoms with Crippen LogP contribution in [0.1, 0.15) is 49.6 Å². The molecule has 1 N–H and O–H groups in total. The molecule has 2 rings (SSSR count). The van der Waals surface area contributed by atoms with E-state index in [2.05, 4.69) is 47.2 Å². The molecule has 104 valence electrons. The van der Waals surface area contributed by atoms with Crippen molar-refractivity contribution in [3.05, 3.63) is 39.6 Å². The van der Waals surface area contributed by atoms with Gasteiger partial charge in [-0.3, -0.25) is 0 Å². The van der Waals surface area contributed by atoms with Crippen molar-refractivity contribution >= 4 is 15.9 Å². The fourth-order valence-corrected chi connectivity index (χ4v) is 2.37. The molecule has 0 aromatic carbocycles. The smallest absolute Gasteiger partial charge is 0.169 e. The molecular weight excluding hydrogens is 308 g/mol. The van der Waals surface area contributed by atoms with E-state index in [9.17, 15) is 0 Å². The van der Waals surface area contributed by atoms with E-state index >= 15 is 0 Å². The molecule has 2 aromatic rings. The Labute approximate surface area is 121 Å². The van der Waals surface area contributed by atoms with Crippen molar-refractivity contribution in [2.45, 2.75) is 46.2 Å². The van der Waals surface area contributed by atoms with Gasteiger partial charge in [0.2, 0.25) is 0 Å². The lowest BCUT2D eigenvalue weighted by Crippen LogP contribution is -2.18. The second kappa shape index (κ2) is 6.39. The van der Waals surface area contributed by atoms with Gasteiger partial charge in [-0.1, -0.05) is 19.0 Å². The summed E-state index contributed by atoms with van der Waals surface area (Å²) < 4.78 is 11.7. The van der Waals surface area contributed by atoms with Gasteiger partial charge in [0.1, 0.15) is 11.5 Å². The van der Waals surface area contributed by atoms with Crippen LogP contribution >= 0.6 is 15.9 Å². The van der Waals surface area contributed by atoms with Gasteiger partial charge >= 0.3 is 0 Å². The summed E-state index contributed by atoms with van der Waals surface area (Å²) in [6, 6.07) is 4.02. The monoisotopic (exact) mass is 326 g/mol. The number of furan rings is 1. The Bertz CT molecular complexity index is 512. The highest BCUT2D eigenvalue weighted by atomic mass is 79.9. The summed E-state index contributed by atoms with van der Waals surface area (Å²) in [5.41, 5.74) is 2.22. The van der Waals surface area contributed by atoms with Gasteiger partial charge in [-0.2, -0.15) is 0 Å². The van der Waals surface area contributed by atoms with Crippen LogP contribution in [0.4, 0.5) is 0 Å². The summed E-state index contributed by atoms with van der Waals surface area (Å²) in [5, 5.41) is 7.56. The van der Waals surface area contributed by atoms with Gasteiger partial charge in [0.05, 0.1) is 11.7 Å². The Morgan fingerprint density at radius 2 is 2.11 bits per heavy atom. The largest absolute Gasteiger partial charge is 0.453 e. The summed E-state index contributed by atoms with van der Waals surface area (Å²) >= 11 is 3.32. The van der Waals surface area contributed by atoms with Crippen LogP contribution in [-0.2, 0) is 19.4 Å². The molecule has 0 spiro atoms. The molecule has 0 saturated carbocycles. The van der Waals surface area contributed by atoms with Gasteiger partial charge in [0, 0.05) is 18.5 Å². The molecule has 19 heavy (non-hydrogen) atoms. The zero-order chi connectivity index (χ0) is 13.8. The lowest BCUT2D eigenvalue weighted by molar-refractivity contribution is 0.378. The lowest BCUT2D eigenvalue weighted by Gasteiger charge is -2.11. The number of rotatable bonds is 6. The van der Waals surface area contributed by atoms with Crippen molar-refractivity contribution in [1.82, 2.24) is 10.5 Å². The Morgan fingerprint density at radius 1 is 1.32 bits per heavy atom.